The van der Waals surface area contributed by atoms with Crippen LogP contribution >= 0.6 is 0 Å². The van der Waals surface area contributed by atoms with Crippen LogP contribution in [0.3, 0.4) is 0 Å². The van der Waals surface area contributed by atoms with Crippen LogP contribution in [0.15, 0.2) is 42.6 Å². The molecule has 0 spiro atoms. The molecule has 0 saturated carbocycles. The maximum atomic E-state index is 12.0. The highest BCUT2D eigenvalue weighted by Crippen LogP contribution is 2.14. The van der Waals surface area contributed by atoms with Crippen LogP contribution in [0.2, 0.25) is 0 Å². The monoisotopic (exact) mass is 297 g/mol. The van der Waals surface area contributed by atoms with Gasteiger partial charge in [-0.3, -0.25) is 5.32 Å². The van der Waals surface area contributed by atoms with Gasteiger partial charge in [0.15, 0.2) is 0 Å². The van der Waals surface area contributed by atoms with Crippen molar-refractivity contribution in [2.45, 2.75) is 39.5 Å². The quantitative estimate of drug-likeness (QED) is 0.755. The largest absolute Gasteiger partial charge is 0.324 e. The van der Waals surface area contributed by atoms with Crippen molar-refractivity contribution < 1.29 is 4.79 Å². The Labute approximate surface area is 132 Å². The summed E-state index contributed by atoms with van der Waals surface area (Å²) < 4.78 is 0. The molecule has 0 unspecified atom stereocenters. The molecule has 0 fully saturated rings. The number of benzene rings is 1. The molecule has 0 radical (unpaired) electrons. The summed E-state index contributed by atoms with van der Waals surface area (Å²) in [7, 11) is 0. The number of urea groups is 1. The van der Waals surface area contributed by atoms with Crippen LogP contribution in [0, 0.1) is 6.92 Å². The first kappa shape index (κ1) is 16.0. The molecular formula is C18H23N3O. The number of carbonyl (C=O) groups is 1. The lowest BCUT2D eigenvalue weighted by Crippen LogP contribution is -2.20. The summed E-state index contributed by atoms with van der Waals surface area (Å²) in [5, 5.41) is 5.58. The predicted molar refractivity (Wildman–Crippen MR) is 91.3 cm³/mol. The fourth-order valence-corrected chi connectivity index (χ4v) is 2.22. The Hall–Kier alpha value is -2.36. The summed E-state index contributed by atoms with van der Waals surface area (Å²) in [6.45, 7) is 4.11. The fourth-order valence-electron chi connectivity index (χ4n) is 2.22. The first-order chi connectivity index (χ1) is 10.7. The Morgan fingerprint density at radius 3 is 2.55 bits per heavy atom. The summed E-state index contributed by atoms with van der Waals surface area (Å²) in [6, 6.07) is 11.5. The highest BCUT2D eigenvalue weighted by Gasteiger charge is 2.05. The highest BCUT2D eigenvalue weighted by molar-refractivity contribution is 5.99. The van der Waals surface area contributed by atoms with Crippen LogP contribution in [0.1, 0.15) is 37.3 Å². The molecule has 0 aliphatic rings. The molecule has 0 bridgehead atoms. The van der Waals surface area contributed by atoms with Crippen molar-refractivity contribution in [3.05, 3.63) is 53.7 Å². The number of rotatable bonds is 6. The molecule has 0 saturated heterocycles. The molecule has 2 amide bonds. The molecule has 1 aromatic heterocycles. The zero-order valence-electron chi connectivity index (χ0n) is 13.2. The second kappa shape index (κ2) is 8.17. The van der Waals surface area contributed by atoms with Gasteiger partial charge in [-0.05, 0) is 49.1 Å². The van der Waals surface area contributed by atoms with Crippen molar-refractivity contribution in [3.8, 4) is 0 Å². The zero-order valence-corrected chi connectivity index (χ0v) is 13.2. The van der Waals surface area contributed by atoms with E-state index in [1.165, 1.54) is 24.8 Å². The Morgan fingerprint density at radius 1 is 1.09 bits per heavy atom. The molecule has 0 aliphatic carbocycles. The van der Waals surface area contributed by atoms with Gasteiger partial charge in [-0.25, -0.2) is 9.78 Å². The number of anilines is 2. The summed E-state index contributed by atoms with van der Waals surface area (Å²) in [5.74, 6) is 0.580. The summed E-state index contributed by atoms with van der Waals surface area (Å²) in [6.07, 6.45) is 6.45. The fraction of sp³-hybridized carbons (Fsp3) is 0.333. The van der Waals surface area contributed by atoms with Gasteiger partial charge in [0.1, 0.15) is 5.82 Å². The number of nitrogens with zero attached hydrogens (tertiary/aromatic N) is 1. The van der Waals surface area contributed by atoms with Crippen molar-refractivity contribution in [1.29, 1.82) is 0 Å². The third kappa shape index (κ3) is 4.88. The second-order valence-corrected chi connectivity index (χ2v) is 5.40. The van der Waals surface area contributed by atoms with Gasteiger partial charge >= 0.3 is 6.03 Å². The van der Waals surface area contributed by atoms with Crippen molar-refractivity contribution in [2.24, 2.45) is 0 Å². The van der Waals surface area contributed by atoms with Gasteiger partial charge in [-0.1, -0.05) is 38.0 Å². The molecule has 2 rings (SSSR count). The minimum atomic E-state index is -0.277. The molecule has 4 nitrogen and oxygen atoms in total. The summed E-state index contributed by atoms with van der Waals surface area (Å²) in [4.78, 5) is 16.1. The molecule has 116 valence electrons. The van der Waals surface area contributed by atoms with Gasteiger partial charge in [-0.2, -0.15) is 0 Å². The predicted octanol–water partition coefficient (Wildman–Crippen LogP) is 4.77. The van der Waals surface area contributed by atoms with Gasteiger partial charge in [0, 0.05) is 11.9 Å². The van der Waals surface area contributed by atoms with Crippen molar-refractivity contribution in [1.82, 2.24) is 4.98 Å². The molecular weight excluding hydrogens is 274 g/mol. The maximum absolute atomic E-state index is 12.0. The first-order valence-electron chi connectivity index (χ1n) is 7.77. The summed E-state index contributed by atoms with van der Waals surface area (Å²) in [5.41, 5.74) is 3.02. The molecule has 1 heterocycles. The Bertz CT molecular complexity index is 608. The average Bonchev–Trinajstić information content (AvgIpc) is 2.51. The second-order valence-electron chi connectivity index (χ2n) is 5.40. The van der Waals surface area contributed by atoms with Gasteiger partial charge in [0.05, 0.1) is 0 Å². The first-order valence-corrected chi connectivity index (χ1v) is 7.77. The van der Waals surface area contributed by atoms with Crippen LogP contribution in [-0.4, -0.2) is 11.0 Å². The van der Waals surface area contributed by atoms with Gasteiger partial charge < -0.3 is 5.32 Å². The third-order valence-corrected chi connectivity index (χ3v) is 3.52. The molecule has 1 aromatic carbocycles. The molecule has 0 aliphatic heterocycles. The number of carbonyl (C=O) groups excluding carboxylic acids is 1. The van der Waals surface area contributed by atoms with E-state index in [0.29, 0.717) is 5.82 Å². The van der Waals surface area contributed by atoms with Crippen molar-refractivity contribution in [2.75, 3.05) is 10.6 Å². The minimum Gasteiger partial charge on any atom is -0.308 e. The molecule has 0 atom stereocenters. The van der Waals surface area contributed by atoms with E-state index < -0.39 is 0 Å². The van der Waals surface area contributed by atoms with E-state index in [4.69, 9.17) is 0 Å². The normalized spacial score (nSPS) is 10.3. The molecule has 2 aromatic rings. The van der Waals surface area contributed by atoms with Crippen LogP contribution < -0.4 is 10.6 Å². The number of nitrogens with one attached hydrogen (secondary N) is 2. The summed E-state index contributed by atoms with van der Waals surface area (Å²) >= 11 is 0. The number of aromatic nitrogens is 1. The number of hydrogen-bond donors (Lipinski definition) is 2. The van der Waals surface area contributed by atoms with Gasteiger partial charge in [0.2, 0.25) is 0 Å². The average molecular weight is 297 g/mol. The standard InChI is InChI=1S/C18H23N3O/c1-3-4-5-8-15-9-11-16(12-10-15)20-18(22)21-17-14(2)7-6-13-19-17/h6-7,9-13H,3-5,8H2,1-2H3,(H2,19,20,21,22). The lowest BCUT2D eigenvalue weighted by atomic mass is 10.1. The molecule has 4 heteroatoms. The molecule has 22 heavy (non-hydrogen) atoms. The minimum absolute atomic E-state index is 0.277. The Balaban J connectivity index is 1.88. The number of pyridine rings is 1. The van der Waals surface area contributed by atoms with Gasteiger partial charge in [-0.15, -0.1) is 0 Å². The van der Waals surface area contributed by atoms with E-state index in [2.05, 4.69) is 34.7 Å². The SMILES string of the molecule is CCCCCc1ccc(NC(=O)Nc2ncccc2C)cc1. The van der Waals surface area contributed by atoms with E-state index in [9.17, 15) is 4.79 Å². The van der Waals surface area contributed by atoms with E-state index in [1.54, 1.807) is 6.20 Å². The van der Waals surface area contributed by atoms with E-state index >= 15 is 0 Å². The lowest BCUT2D eigenvalue weighted by Gasteiger charge is -2.09. The lowest BCUT2D eigenvalue weighted by molar-refractivity contribution is 0.262. The topological polar surface area (TPSA) is 54.0 Å². The van der Waals surface area contributed by atoms with Crippen LogP contribution in [0.25, 0.3) is 0 Å². The van der Waals surface area contributed by atoms with Crippen LogP contribution in [-0.2, 0) is 6.42 Å². The van der Waals surface area contributed by atoms with E-state index in [0.717, 1.165) is 17.7 Å². The third-order valence-electron chi connectivity index (χ3n) is 3.52. The van der Waals surface area contributed by atoms with Crippen molar-refractivity contribution >= 4 is 17.5 Å². The number of amides is 2. The highest BCUT2D eigenvalue weighted by atomic mass is 16.2. The van der Waals surface area contributed by atoms with Crippen molar-refractivity contribution in [3.63, 3.8) is 0 Å². The van der Waals surface area contributed by atoms with E-state index in [-0.39, 0.29) is 6.03 Å². The number of hydrogen-bond acceptors (Lipinski definition) is 2. The Kier molecular flexibility index (Phi) is 5.95. The smallest absolute Gasteiger partial charge is 0.308 e. The maximum Gasteiger partial charge on any atom is 0.324 e. The van der Waals surface area contributed by atoms with Gasteiger partial charge in [0.25, 0.3) is 0 Å². The zero-order chi connectivity index (χ0) is 15.8. The van der Waals surface area contributed by atoms with Crippen LogP contribution in [0.4, 0.5) is 16.3 Å². The Morgan fingerprint density at radius 2 is 1.86 bits per heavy atom. The number of unbranched alkanes of at least 4 members (excludes halogenated alkanes) is 2. The van der Waals surface area contributed by atoms with E-state index in [1.807, 2.05) is 31.2 Å². The number of aryl methyl sites for hydroxylation is 2. The van der Waals surface area contributed by atoms with Crippen LogP contribution in [0.5, 0.6) is 0 Å². The molecule has 2 N–H and O–H groups in total.